The van der Waals surface area contributed by atoms with Crippen molar-refractivity contribution in [3.05, 3.63) is 99.5 Å². The van der Waals surface area contributed by atoms with Crippen LogP contribution in [0, 0.1) is 0 Å². The molecule has 0 spiro atoms. The maximum absolute atomic E-state index is 13.5. The highest BCUT2D eigenvalue weighted by Gasteiger charge is 2.38. The molecule has 1 heterocycles. The van der Waals surface area contributed by atoms with Gasteiger partial charge in [-0.25, -0.2) is 4.79 Å². The van der Waals surface area contributed by atoms with Crippen LogP contribution in [0.2, 0.25) is 0 Å². The van der Waals surface area contributed by atoms with E-state index in [1.54, 1.807) is 66.7 Å². The van der Waals surface area contributed by atoms with Gasteiger partial charge in [0.2, 0.25) is 0 Å². The monoisotopic (exact) mass is 492 g/mol. The second-order valence-corrected chi connectivity index (χ2v) is 7.89. The maximum Gasteiger partial charge on any atom is 0.339 e. The number of rotatable bonds is 5. The van der Waals surface area contributed by atoms with Crippen LogP contribution < -0.4 is 4.90 Å². The Bertz CT molecular complexity index is 1200. The third kappa shape index (κ3) is 3.80. The number of hydrogen-bond donors (Lipinski definition) is 0. The van der Waals surface area contributed by atoms with E-state index in [1.807, 2.05) is 0 Å². The minimum atomic E-state index is -0.642. The zero-order valence-corrected chi connectivity index (χ0v) is 18.5. The molecule has 1 aliphatic rings. The Morgan fingerprint density at radius 2 is 1.44 bits per heavy atom. The molecule has 0 atom stereocenters. The van der Waals surface area contributed by atoms with E-state index in [4.69, 9.17) is 4.74 Å². The molecule has 0 N–H and O–H groups in total. The van der Waals surface area contributed by atoms with Gasteiger partial charge in [-0.15, -0.1) is 0 Å². The van der Waals surface area contributed by atoms with Gasteiger partial charge in [0.15, 0.2) is 0 Å². The number of carbonyl (C=O) groups excluding carboxylic acids is 4. The summed E-state index contributed by atoms with van der Waals surface area (Å²) in [7, 11) is 1.24. The van der Waals surface area contributed by atoms with E-state index >= 15 is 0 Å². The Balaban J connectivity index is 1.78. The normalized spacial score (nSPS) is 12.5. The first-order valence-electron chi connectivity index (χ1n) is 9.62. The maximum atomic E-state index is 13.5. The first-order chi connectivity index (χ1) is 15.4. The van der Waals surface area contributed by atoms with Crippen LogP contribution in [0.5, 0.6) is 0 Å². The van der Waals surface area contributed by atoms with Crippen LogP contribution >= 0.6 is 15.9 Å². The molecule has 0 bridgehead atoms. The van der Waals surface area contributed by atoms with E-state index < -0.39 is 23.7 Å². The third-order valence-electron chi connectivity index (χ3n) is 5.10. The number of esters is 1. The van der Waals surface area contributed by atoms with Crippen molar-refractivity contribution >= 4 is 45.3 Å². The third-order valence-corrected chi connectivity index (χ3v) is 5.63. The summed E-state index contributed by atoms with van der Waals surface area (Å²) < 4.78 is 5.65. The zero-order valence-electron chi connectivity index (χ0n) is 16.9. The summed E-state index contributed by atoms with van der Waals surface area (Å²) in [5.74, 6) is -2.13. The fourth-order valence-corrected chi connectivity index (χ4v) is 3.76. The van der Waals surface area contributed by atoms with Crippen molar-refractivity contribution in [2.45, 2.75) is 0 Å². The van der Waals surface area contributed by atoms with E-state index in [0.29, 0.717) is 5.56 Å². The van der Waals surface area contributed by atoms with Crippen molar-refractivity contribution in [2.24, 2.45) is 0 Å². The summed E-state index contributed by atoms with van der Waals surface area (Å²) in [4.78, 5) is 53.9. The number of fused-ring (bicyclic) bond motifs is 1. The van der Waals surface area contributed by atoms with Crippen molar-refractivity contribution in [2.75, 3.05) is 18.7 Å². The molecule has 0 fully saturated rings. The lowest BCUT2D eigenvalue weighted by Crippen LogP contribution is -2.45. The topological polar surface area (TPSA) is 84.0 Å². The molecule has 0 saturated carbocycles. The second-order valence-electron chi connectivity index (χ2n) is 6.97. The smallest absolute Gasteiger partial charge is 0.339 e. The molecular weight excluding hydrogens is 476 g/mol. The van der Waals surface area contributed by atoms with Gasteiger partial charge in [0, 0.05) is 10.0 Å². The number of methoxy groups -OCH3 is 1. The average Bonchev–Trinajstić information content (AvgIpc) is 3.07. The molecule has 0 aromatic heterocycles. The molecule has 0 radical (unpaired) electrons. The van der Waals surface area contributed by atoms with Gasteiger partial charge in [-0.2, -0.15) is 0 Å². The number of amides is 3. The molecule has 160 valence electrons. The molecule has 4 rings (SSSR count). The van der Waals surface area contributed by atoms with Gasteiger partial charge in [0.05, 0.1) is 29.5 Å². The van der Waals surface area contributed by atoms with E-state index in [9.17, 15) is 19.2 Å². The quantitative estimate of drug-likeness (QED) is 0.394. The first kappa shape index (κ1) is 21.5. The lowest BCUT2D eigenvalue weighted by molar-refractivity contribution is 0.0601. The summed E-state index contributed by atoms with van der Waals surface area (Å²) in [6.07, 6.45) is 0. The van der Waals surface area contributed by atoms with E-state index in [2.05, 4.69) is 15.9 Å². The molecule has 3 aromatic rings. The van der Waals surface area contributed by atoms with Gasteiger partial charge in [-0.05, 0) is 48.5 Å². The summed E-state index contributed by atoms with van der Waals surface area (Å²) in [6, 6.07) is 19.5. The largest absolute Gasteiger partial charge is 0.465 e. The number of anilines is 1. The molecule has 1 aliphatic heterocycles. The van der Waals surface area contributed by atoms with Gasteiger partial charge in [-0.3, -0.25) is 24.2 Å². The predicted molar refractivity (Wildman–Crippen MR) is 121 cm³/mol. The van der Waals surface area contributed by atoms with Gasteiger partial charge in [0.25, 0.3) is 17.7 Å². The Morgan fingerprint density at radius 1 is 0.875 bits per heavy atom. The number of halogens is 1. The minimum Gasteiger partial charge on any atom is -0.465 e. The summed E-state index contributed by atoms with van der Waals surface area (Å²) in [6.45, 7) is -0.366. The molecule has 8 heteroatoms. The molecule has 32 heavy (non-hydrogen) atoms. The van der Waals surface area contributed by atoms with E-state index in [-0.39, 0.29) is 29.0 Å². The zero-order chi connectivity index (χ0) is 22.8. The molecule has 7 nitrogen and oxygen atoms in total. The summed E-state index contributed by atoms with van der Waals surface area (Å²) in [5.41, 5.74) is 1.23. The highest BCUT2D eigenvalue weighted by molar-refractivity contribution is 9.10. The molecule has 0 aliphatic carbocycles. The van der Waals surface area contributed by atoms with E-state index in [0.717, 1.165) is 9.37 Å². The van der Waals surface area contributed by atoms with Crippen molar-refractivity contribution < 1.29 is 23.9 Å². The lowest BCUT2D eigenvalue weighted by atomic mass is 10.1. The van der Waals surface area contributed by atoms with Crippen LogP contribution in [0.1, 0.15) is 41.4 Å². The number of hydrogen-bond acceptors (Lipinski definition) is 5. The summed E-state index contributed by atoms with van der Waals surface area (Å²) >= 11 is 3.34. The van der Waals surface area contributed by atoms with Crippen LogP contribution in [-0.2, 0) is 4.74 Å². The fourth-order valence-electron chi connectivity index (χ4n) is 3.50. The van der Waals surface area contributed by atoms with Crippen LogP contribution in [0.3, 0.4) is 0 Å². The number of nitrogens with zero attached hydrogens (tertiary/aromatic N) is 2. The molecule has 3 amide bonds. The van der Waals surface area contributed by atoms with Crippen LogP contribution in [0.15, 0.2) is 77.3 Å². The van der Waals surface area contributed by atoms with Gasteiger partial charge >= 0.3 is 5.97 Å². The molecule has 0 unspecified atom stereocenters. The molecular formula is C24H17BrN2O5. The van der Waals surface area contributed by atoms with Crippen LogP contribution in [0.25, 0.3) is 0 Å². The Labute approximate surface area is 192 Å². The first-order valence-corrected chi connectivity index (χ1v) is 10.4. The Hall–Kier alpha value is -3.78. The number of ether oxygens (including phenoxy) is 1. The second kappa shape index (κ2) is 8.76. The van der Waals surface area contributed by atoms with Crippen LogP contribution in [-0.4, -0.2) is 42.4 Å². The summed E-state index contributed by atoms with van der Waals surface area (Å²) in [5, 5.41) is 0. The lowest BCUT2D eigenvalue weighted by Gasteiger charge is -2.28. The number of imide groups is 1. The SMILES string of the molecule is COC(=O)c1ccccc1N(CN1C(=O)c2ccccc2C1=O)C(=O)c1ccc(Br)cc1. The van der Waals surface area contributed by atoms with Crippen molar-refractivity contribution in [3.8, 4) is 0 Å². The average molecular weight is 493 g/mol. The minimum absolute atomic E-state index is 0.136. The number of para-hydroxylation sites is 1. The van der Waals surface area contributed by atoms with Gasteiger partial charge in [-0.1, -0.05) is 40.2 Å². The standard InChI is InChI=1S/C24H17BrN2O5/c1-32-24(31)19-8-4-5-9-20(19)26(21(28)15-10-12-16(25)13-11-15)14-27-22(29)17-6-2-3-7-18(17)23(27)30/h2-13H,14H2,1H3. The fraction of sp³-hybridized carbons (Fsp3) is 0.0833. The van der Waals surface area contributed by atoms with Crippen LogP contribution in [0.4, 0.5) is 5.69 Å². The van der Waals surface area contributed by atoms with Crippen molar-refractivity contribution in [3.63, 3.8) is 0 Å². The highest BCUT2D eigenvalue weighted by Crippen LogP contribution is 2.28. The highest BCUT2D eigenvalue weighted by atomic mass is 79.9. The molecule has 3 aromatic carbocycles. The van der Waals surface area contributed by atoms with E-state index in [1.165, 1.54) is 18.1 Å². The van der Waals surface area contributed by atoms with Gasteiger partial charge < -0.3 is 4.74 Å². The molecule has 0 saturated heterocycles. The number of benzene rings is 3. The Morgan fingerprint density at radius 3 is 2.03 bits per heavy atom. The Kier molecular flexibility index (Phi) is 5.87. The van der Waals surface area contributed by atoms with Crippen molar-refractivity contribution in [1.29, 1.82) is 0 Å². The van der Waals surface area contributed by atoms with Crippen molar-refractivity contribution in [1.82, 2.24) is 4.90 Å². The number of carbonyl (C=O) groups is 4. The predicted octanol–water partition coefficient (Wildman–Crippen LogP) is 4.14. The van der Waals surface area contributed by atoms with Gasteiger partial charge in [0.1, 0.15) is 6.67 Å².